The van der Waals surface area contributed by atoms with Crippen LogP contribution in [0.3, 0.4) is 0 Å². The Morgan fingerprint density at radius 1 is 0.824 bits per heavy atom. The van der Waals surface area contributed by atoms with E-state index < -0.39 is 0 Å². The summed E-state index contributed by atoms with van der Waals surface area (Å²) in [5, 5.41) is 5.84. The van der Waals surface area contributed by atoms with Crippen LogP contribution in [0.4, 0.5) is 11.4 Å². The minimum Gasteiger partial charge on any atom is -0.354 e. The van der Waals surface area contributed by atoms with E-state index in [9.17, 15) is 0 Å². The molecule has 2 heteroatoms. The van der Waals surface area contributed by atoms with E-state index in [2.05, 4.69) is 52.8 Å². The third kappa shape index (κ3) is 1.97. The summed E-state index contributed by atoms with van der Waals surface area (Å²) in [7, 11) is 0. The third-order valence-corrected chi connectivity index (χ3v) is 2.73. The number of fused-ring (bicyclic) bond motifs is 1. The highest BCUT2D eigenvalue weighted by atomic mass is 14.9. The van der Waals surface area contributed by atoms with Crippen molar-refractivity contribution in [3.8, 4) is 0 Å². The molecule has 0 aliphatic rings. The quantitative estimate of drug-likeness (QED) is 0.706. The van der Waals surface area contributed by atoms with Crippen molar-refractivity contribution in [2.24, 2.45) is 0 Å². The van der Waals surface area contributed by atoms with E-state index in [1.54, 1.807) is 6.20 Å². The number of pyridine rings is 1. The molecule has 3 aromatic rings. The fourth-order valence-corrected chi connectivity index (χ4v) is 1.93. The molecule has 0 atom stereocenters. The molecule has 3 rings (SSSR count). The van der Waals surface area contributed by atoms with E-state index in [1.165, 1.54) is 10.8 Å². The first-order valence-corrected chi connectivity index (χ1v) is 5.58. The maximum Gasteiger partial charge on any atom is 0.0570 e. The van der Waals surface area contributed by atoms with Crippen LogP contribution in [0, 0.1) is 0 Å². The van der Waals surface area contributed by atoms with Crippen molar-refractivity contribution >= 4 is 22.1 Å². The van der Waals surface area contributed by atoms with E-state index in [0.29, 0.717) is 0 Å². The Morgan fingerprint density at radius 3 is 2.59 bits per heavy atom. The van der Waals surface area contributed by atoms with E-state index >= 15 is 0 Å². The Morgan fingerprint density at radius 2 is 1.71 bits per heavy atom. The van der Waals surface area contributed by atoms with E-state index in [4.69, 9.17) is 0 Å². The molecule has 0 aliphatic heterocycles. The van der Waals surface area contributed by atoms with Gasteiger partial charge in [0, 0.05) is 17.3 Å². The molecule has 0 amide bonds. The summed E-state index contributed by atoms with van der Waals surface area (Å²) >= 11 is 0. The van der Waals surface area contributed by atoms with Gasteiger partial charge in [-0.3, -0.25) is 4.98 Å². The van der Waals surface area contributed by atoms with Crippen LogP contribution in [-0.4, -0.2) is 4.98 Å². The Hall–Kier alpha value is -2.35. The molecule has 2 nitrogen and oxygen atoms in total. The van der Waals surface area contributed by atoms with Gasteiger partial charge in [-0.1, -0.05) is 36.4 Å². The maximum absolute atomic E-state index is 4.10. The summed E-state index contributed by atoms with van der Waals surface area (Å²) in [6.07, 6.45) is 3.59. The molecule has 17 heavy (non-hydrogen) atoms. The summed E-state index contributed by atoms with van der Waals surface area (Å²) in [6.45, 7) is 0. The predicted molar refractivity (Wildman–Crippen MR) is 71.5 cm³/mol. The SMILES string of the molecule is c1cncc(Nc2cccc3ccccc23)c1. The zero-order valence-corrected chi connectivity index (χ0v) is 9.30. The molecular weight excluding hydrogens is 208 g/mol. The van der Waals surface area contributed by atoms with Gasteiger partial charge in [-0.25, -0.2) is 0 Å². The smallest absolute Gasteiger partial charge is 0.0570 e. The summed E-state index contributed by atoms with van der Waals surface area (Å²) in [6, 6.07) is 18.5. The van der Waals surface area contributed by atoms with Crippen molar-refractivity contribution in [2.75, 3.05) is 5.32 Å². The summed E-state index contributed by atoms with van der Waals surface area (Å²) in [4.78, 5) is 4.10. The molecule has 0 bridgehead atoms. The van der Waals surface area contributed by atoms with Gasteiger partial charge in [-0.05, 0) is 23.6 Å². The first kappa shape index (κ1) is 9.85. The van der Waals surface area contributed by atoms with Crippen LogP contribution in [0.25, 0.3) is 10.8 Å². The van der Waals surface area contributed by atoms with Crippen molar-refractivity contribution in [1.82, 2.24) is 4.98 Å². The van der Waals surface area contributed by atoms with Gasteiger partial charge in [-0.15, -0.1) is 0 Å². The van der Waals surface area contributed by atoms with Gasteiger partial charge in [0.2, 0.25) is 0 Å². The van der Waals surface area contributed by atoms with Crippen LogP contribution in [0.15, 0.2) is 67.0 Å². The van der Waals surface area contributed by atoms with E-state index in [1.807, 2.05) is 18.3 Å². The molecule has 0 spiro atoms. The number of hydrogen-bond donors (Lipinski definition) is 1. The first-order chi connectivity index (χ1) is 8.43. The van der Waals surface area contributed by atoms with Gasteiger partial charge in [0.1, 0.15) is 0 Å². The highest BCUT2D eigenvalue weighted by Gasteiger charge is 1.99. The number of nitrogens with zero attached hydrogens (tertiary/aromatic N) is 1. The molecule has 0 unspecified atom stereocenters. The van der Waals surface area contributed by atoms with E-state index in [0.717, 1.165) is 11.4 Å². The topological polar surface area (TPSA) is 24.9 Å². The fraction of sp³-hybridized carbons (Fsp3) is 0. The zero-order chi connectivity index (χ0) is 11.5. The zero-order valence-electron chi connectivity index (χ0n) is 9.30. The first-order valence-electron chi connectivity index (χ1n) is 5.58. The van der Waals surface area contributed by atoms with Gasteiger partial charge in [0.25, 0.3) is 0 Å². The van der Waals surface area contributed by atoms with Crippen molar-refractivity contribution in [3.05, 3.63) is 67.0 Å². The molecule has 2 aromatic carbocycles. The monoisotopic (exact) mass is 220 g/mol. The van der Waals surface area contributed by atoms with Gasteiger partial charge in [0.05, 0.1) is 11.9 Å². The second kappa shape index (κ2) is 4.26. The molecule has 0 aliphatic carbocycles. The van der Waals surface area contributed by atoms with Gasteiger partial charge in [-0.2, -0.15) is 0 Å². The molecule has 1 aromatic heterocycles. The summed E-state index contributed by atoms with van der Waals surface area (Å²) in [5.74, 6) is 0. The fourth-order valence-electron chi connectivity index (χ4n) is 1.93. The number of benzene rings is 2. The lowest BCUT2D eigenvalue weighted by molar-refractivity contribution is 1.32. The molecular formula is C15H12N2. The largest absolute Gasteiger partial charge is 0.354 e. The van der Waals surface area contributed by atoms with Crippen LogP contribution < -0.4 is 5.32 Å². The van der Waals surface area contributed by atoms with Gasteiger partial charge in [0.15, 0.2) is 0 Å². The van der Waals surface area contributed by atoms with Crippen LogP contribution in [0.2, 0.25) is 0 Å². The lowest BCUT2D eigenvalue weighted by Gasteiger charge is -2.09. The molecule has 0 fully saturated rings. The lowest BCUT2D eigenvalue weighted by Crippen LogP contribution is -1.91. The predicted octanol–water partition coefficient (Wildman–Crippen LogP) is 3.98. The third-order valence-electron chi connectivity index (χ3n) is 2.73. The number of rotatable bonds is 2. The minimum absolute atomic E-state index is 1.00. The van der Waals surface area contributed by atoms with Crippen molar-refractivity contribution in [1.29, 1.82) is 0 Å². The van der Waals surface area contributed by atoms with Gasteiger partial charge < -0.3 is 5.32 Å². The lowest BCUT2D eigenvalue weighted by atomic mass is 10.1. The van der Waals surface area contributed by atoms with Crippen molar-refractivity contribution in [3.63, 3.8) is 0 Å². The van der Waals surface area contributed by atoms with Crippen LogP contribution in [-0.2, 0) is 0 Å². The molecule has 0 saturated heterocycles. The summed E-state index contributed by atoms with van der Waals surface area (Å²) < 4.78 is 0. The normalized spacial score (nSPS) is 10.4. The molecule has 1 N–H and O–H groups in total. The molecule has 0 radical (unpaired) electrons. The van der Waals surface area contributed by atoms with Crippen LogP contribution >= 0.6 is 0 Å². The van der Waals surface area contributed by atoms with Crippen molar-refractivity contribution in [2.45, 2.75) is 0 Å². The Bertz CT molecular complexity index is 627. The highest BCUT2D eigenvalue weighted by molar-refractivity contribution is 5.95. The standard InChI is InChI=1S/C15H12N2/c1-2-8-14-12(5-1)6-3-9-15(14)17-13-7-4-10-16-11-13/h1-11,17H. The Kier molecular flexibility index (Phi) is 2.47. The second-order valence-corrected chi connectivity index (χ2v) is 3.89. The molecule has 0 saturated carbocycles. The average molecular weight is 220 g/mol. The second-order valence-electron chi connectivity index (χ2n) is 3.89. The number of anilines is 2. The minimum atomic E-state index is 1.00. The average Bonchev–Trinajstić information content (AvgIpc) is 2.40. The number of aromatic nitrogens is 1. The Labute approximate surface area is 99.9 Å². The van der Waals surface area contributed by atoms with Gasteiger partial charge >= 0.3 is 0 Å². The maximum atomic E-state index is 4.10. The van der Waals surface area contributed by atoms with Crippen molar-refractivity contribution < 1.29 is 0 Å². The van der Waals surface area contributed by atoms with Crippen LogP contribution in [0.1, 0.15) is 0 Å². The molecule has 1 heterocycles. The number of hydrogen-bond acceptors (Lipinski definition) is 2. The summed E-state index contributed by atoms with van der Waals surface area (Å²) in [5.41, 5.74) is 2.11. The Balaban J connectivity index is 2.06. The van der Waals surface area contributed by atoms with E-state index in [-0.39, 0.29) is 0 Å². The number of nitrogens with one attached hydrogen (secondary N) is 1. The molecule has 82 valence electrons. The highest BCUT2D eigenvalue weighted by Crippen LogP contribution is 2.25. The van der Waals surface area contributed by atoms with Crippen LogP contribution in [0.5, 0.6) is 0 Å².